The molecule has 7 heteroatoms. The minimum atomic E-state index is -1.14. The zero-order chi connectivity index (χ0) is 17.5. The average molecular weight is 330 g/mol. The zero-order valence-electron chi connectivity index (χ0n) is 13.1. The van der Waals surface area contributed by atoms with Gasteiger partial charge in [-0.3, -0.25) is 9.59 Å². The number of hydrogen-bond acceptors (Lipinski definition) is 7. The van der Waals surface area contributed by atoms with Crippen molar-refractivity contribution < 1.29 is 34.8 Å². The van der Waals surface area contributed by atoms with Gasteiger partial charge in [0.1, 0.15) is 12.2 Å². The molecule has 2 unspecified atom stereocenters. The Kier molecular flexibility index (Phi) is 13.1. The average Bonchev–Trinajstić information content (AvgIpc) is 2.54. The van der Waals surface area contributed by atoms with E-state index >= 15 is 0 Å². The molecule has 4 N–H and O–H groups in total. The molecule has 7 nitrogen and oxygen atoms in total. The van der Waals surface area contributed by atoms with E-state index in [9.17, 15) is 19.8 Å². The zero-order valence-corrected chi connectivity index (χ0v) is 13.1. The molecular weight excluding hydrogens is 304 g/mol. The van der Waals surface area contributed by atoms with Crippen molar-refractivity contribution >= 4 is 11.6 Å². The van der Waals surface area contributed by atoms with Crippen molar-refractivity contribution in [3.05, 3.63) is 24.7 Å². The third-order valence-electron chi connectivity index (χ3n) is 3.05. The maximum absolute atomic E-state index is 11.5. The molecular formula is C16H26O7. The fourth-order valence-electron chi connectivity index (χ4n) is 1.66. The fourth-order valence-corrected chi connectivity index (χ4v) is 1.66. The van der Waals surface area contributed by atoms with E-state index in [0.717, 1.165) is 24.7 Å². The lowest BCUT2D eigenvalue weighted by Gasteiger charge is -2.05. The molecule has 0 rings (SSSR count). The standard InChI is InChI=1S/C16H26O7/c17-9-3-1-5-13(19)15(21)7-11-23-12-8-16(22)14(20)6-2-4-10-18/h7-8,11-14,17-20H,1-6,9-10H2. The van der Waals surface area contributed by atoms with Crippen molar-refractivity contribution in [3.63, 3.8) is 0 Å². The maximum atomic E-state index is 11.5. The quantitative estimate of drug-likeness (QED) is 0.204. The lowest BCUT2D eigenvalue weighted by Crippen LogP contribution is -2.18. The van der Waals surface area contributed by atoms with Crippen LogP contribution in [0.1, 0.15) is 38.5 Å². The largest absolute Gasteiger partial charge is 0.472 e. The van der Waals surface area contributed by atoms with Crippen LogP contribution in [-0.4, -0.2) is 57.4 Å². The molecule has 0 fully saturated rings. The number of rotatable bonds is 14. The number of carbonyl (C=O) groups is 2. The molecule has 0 aliphatic rings. The topological polar surface area (TPSA) is 124 Å². The Labute approximate surface area is 135 Å². The molecule has 0 aliphatic heterocycles. The summed E-state index contributed by atoms with van der Waals surface area (Å²) in [7, 11) is 0. The molecule has 0 amide bonds. The van der Waals surface area contributed by atoms with Gasteiger partial charge >= 0.3 is 0 Å². The van der Waals surface area contributed by atoms with Crippen LogP contribution >= 0.6 is 0 Å². The Bertz CT molecular complexity index is 354. The second-order valence-electron chi connectivity index (χ2n) is 5.02. The Morgan fingerprint density at radius 2 is 1.17 bits per heavy atom. The Balaban J connectivity index is 3.98. The van der Waals surface area contributed by atoms with E-state index < -0.39 is 23.8 Å². The van der Waals surface area contributed by atoms with E-state index in [4.69, 9.17) is 14.9 Å². The van der Waals surface area contributed by atoms with E-state index in [2.05, 4.69) is 0 Å². The molecule has 0 radical (unpaired) electrons. The highest BCUT2D eigenvalue weighted by molar-refractivity contribution is 5.93. The lowest BCUT2D eigenvalue weighted by atomic mass is 10.1. The summed E-state index contributed by atoms with van der Waals surface area (Å²) in [6.07, 6.45) is 4.57. The minimum absolute atomic E-state index is 0.0184. The summed E-state index contributed by atoms with van der Waals surface area (Å²) >= 11 is 0. The molecule has 0 aromatic rings. The van der Waals surface area contributed by atoms with E-state index in [1.165, 1.54) is 0 Å². The van der Waals surface area contributed by atoms with Crippen LogP contribution in [0.2, 0.25) is 0 Å². The van der Waals surface area contributed by atoms with E-state index in [1.807, 2.05) is 0 Å². The van der Waals surface area contributed by atoms with Gasteiger partial charge in [-0.2, -0.15) is 0 Å². The molecule has 0 aromatic heterocycles. The van der Waals surface area contributed by atoms with E-state index in [1.54, 1.807) is 0 Å². The number of carbonyl (C=O) groups excluding carboxylic acids is 2. The van der Waals surface area contributed by atoms with Crippen LogP contribution in [0.5, 0.6) is 0 Å². The molecule has 0 spiro atoms. The lowest BCUT2D eigenvalue weighted by molar-refractivity contribution is -0.123. The number of aliphatic hydroxyl groups excluding tert-OH is 4. The van der Waals surface area contributed by atoms with Gasteiger partial charge in [-0.1, -0.05) is 0 Å². The van der Waals surface area contributed by atoms with Gasteiger partial charge in [-0.05, 0) is 38.5 Å². The van der Waals surface area contributed by atoms with Gasteiger partial charge in [0.05, 0.1) is 12.5 Å². The maximum Gasteiger partial charge on any atom is 0.187 e. The number of unbranched alkanes of at least 4 members (excludes halogenated alkanes) is 2. The summed E-state index contributed by atoms with van der Waals surface area (Å²) in [6, 6.07) is 0. The number of ketones is 2. The first-order valence-electron chi connectivity index (χ1n) is 7.67. The molecule has 0 saturated carbocycles. The molecule has 0 aromatic carbocycles. The number of aliphatic hydroxyl groups is 4. The van der Waals surface area contributed by atoms with Crippen LogP contribution < -0.4 is 0 Å². The van der Waals surface area contributed by atoms with Crippen molar-refractivity contribution in [3.8, 4) is 0 Å². The van der Waals surface area contributed by atoms with Crippen LogP contribution in [0.15, 0.2) is 24.7 Å². The first-order chi connectivity index (χ1) is 11.0. The molecule has 0 saturated heterocycles. The highest BCUT2D eigenvalue weighted by atomic mass is 16.5. The van der Waals surface area contributed by atoms with Crippen molar-refractivity contribution in [2.45, 2.75) is 50.7 Å². The number of hydrogen-bond donors (Lipinski definition) is 4. The monoisotopic (exact) mass is 330 g/mol. The first kappa shape index (κ1) is 21.5. The normalized spacial score (nSPS) is 14.3. The highest BCUT2D eigenvalue weighted by Crippen LogP contribution is 2.03. The van der Waals surface area contributed by atoms with E-state index in [0.29, 0.717) is 25.7 Å². The van der Waals surface area contributed by atoms with Gasteiger partial charge in [0.2, 0.25) is 0 Å². The van der Waals surface area contributed by atoms with Gasteiger partial charge in [0.25, 0.3) is 0 Å². The van der Waals surface area contributed by atoms with Crippen molar-refractivity contribution in [1.29, 1.82) is 0 Å². The van der Waals surface area contributed by atoms with Crippen LogP contribution in [0.3, 0.4) is 0 Å². The van der Waals surface area contributed by atoms with E-state index in [-0.39, 0.29) is 26.1 Å². The van der Waals surface area contributed by atoms with Crippen LogP contribution in [0, 0.1) is 0 Å². The minimum Gasteiger partial charge on any atom is -0.472 e. The predicted octanol–water partition coefficient (Wildman–Crippen LogP) is 0.216. The Hall–Kier alpha value is -1.54. The third kappa shape index (κ3) is 11.7. The molecule has 0 heterocycles. The van der Waals surface area contributed by atoms with Gasteiger partial charge in [0.15, 0.2) is 11.6 Å². The number of ether oxygens (including phenoxy) is 1. The summed E-state index contributed by atoms with van der Waals surface area (Å²) in [5, 5.41) is 36.2. The summed E-state index contributed by atoms with van der Waals surface area (Å²) < 4.78 is 4.82. The second-order valence-corrected chi connectivity index (χ2v) is 5.02. The highest BCUT2D eigenvalue weighted by Gasteiger charge is 2.12. The Morgan fingerprint density at radius 3 is 1.52 bits per heavy atom. The molecule has 132 valence electrons. The first-order valence-corrected chi connectivity index (χ1v) is 7.67. The van der Waals surface area contributed by atoms with Crippen molar-refractivity contribution in [1.82, 2.24) is 0 Å². The van der Waals surface area contributed by atoms with Gasteiger partial charge < -0.3 is 25.2 Å². The van der Waals surface area contributed by atoms with Crippen molar-refractivity contribution in [2.24, 2.45) is 0 Å². The molecule has 0 aliphatic carbocycles. The molecule has 2 atom stereocenters. The van der Waals surface area contributed by atoms with Crippen LogP contribution in [0.25, 0.3) is 0 Å². The molecule has 0 bridgehead atoms. The van der Waals surface area contributed by atoms with Crippen LogP contribution in [-0.2, 0) is 14.3 Å². The van der Waals surface area contributed by atoms with Gasteiger partial charge in [-0.25, -0.2) is 0 Å². The predicted molar refractivity (Wildman–Crippen MR) is 83.3 cm³/mol. The van der Waals surface area contributed by atoms with Gasteiger partial charge in [-0.15, -0.1) is 0 Å². The van der Waals surface area contributed by atoms with Crippen LogP contribution in [0.4, 0.5) is 0 Å². The SMILES string of the molecule is O=C(C=COC=CC(=O)C(O)CCCCO)C(O)CCCCO. The summed E-state index contributed by atoms with van der Waals surface area (Å²) in [6.45, 7) is 0.0368. The fraction of sp³-hybridized carbons (Fsp3) is 0.625. The molecule has 23 heavy (non-hydrogen) atoms. The summed E-state index contributed by atoms with van der Waals surface area (Å²) in [5.74, 6) is -1.04. The Morgan fingerprint density at radius 1 is 0.783 bits per heavy atom. The van der Waals surface area contributed by atoms with Gasteiger partial charge in [0, 0.05) is 25.4 Å². The van der Waals surface area contributed by atoms with Crippen molar-refractivity contribution in [2.75, 3.05) is 13.2 Å². The third-order valence-corrected chi connectivity index (χ3v) is 3.05. The second kappa shape index (κ2) is 14.1. The summed E-state index contributed by atoms with van der Waals surface area (Å²) in [4.78, 5) is 22.9. The summed E-state index contributed by atoms with van der Waals surface area (Å²) in [5.41, 5.74) is 0. The smallest absolute Gasteiger partial charge is 0.187 e.